The maximum absolute atomic E-state index is 14.0. The summed E-state index contributed by atoms with van der Waals surface area (Å²) >= 11 is 0. The van der Waals surface area contributed by atoms with Crippen LogP contribution >= 0.6 is 0 Å². The SMILES string of the molecule is CC(C)C1=C2[C@H]3CC[C@@H]4[C@@]5(C)CC[C@H](OC(=O)[C@H]6C[C@@H](C(=O)O)C6(C)C)C(C)(C)[C@@H]5CC[C@@]4(C)[C@]3(C)CC[C@@]2(CCNCC2CCCCC2)CC1=O. The number of allylic oxidation sites excluding steroid dienone is 2. The van der Waals surface area contributed by atoms with E-state index < -0.39 is 17.3 Å². The molecule has 2 N–H and O–H groups in total. The van der Waals surface area contributed by atoms with Gasteiger partial charge in [-0.2, -0.15) is 0 Å². The smallest absolute Gasteiger partial charge is 0.309 e. The summed E-state index contributed by atoms with van der Waals surface area (Å²) in [5, 5.41) is 13.6. The van der Waals surface area contributed by atoms with Crippen molar-refractivity contribution in [1.29, 1.82) is 0 Å². The molecule has 0 heterocycles. The van der Waals surface area contributed by atoms with E-state index in [0.717, 1.165) is 57.5 Å². The zero-order valence-electron chi connectivity index (χ0n) is 34.4. The molecule has 0 radical (unpaired) electrons. The lowest BCUT2D eigenvalue weighted by Crippen LogP contribution is -2.66. The van der Waals surface area contributed by atoms with Gasteiger partial charge < -0.3 is 15.2 Å². The zero-order chi connectivity index (χ0) is 37.6. The van der Waals surface area contributed by atoms with Crippen molar-refractivity contribution >= 4 is 17.7 Å². The number of aliphatic carboxylic acids is 1. The van der Waals surface area contributed by atoms with Gasteiger partial charge in [0.2, 0.25) is 0 Å². The molecule has 0 aromatic rings. The highest BCUT2D eigenvalue weighted by molar-refractivity contribution is 6.00. The van der Waals surface area contributed by atoms with Gasteiger partial charge in [-0.15, -0.1) is 0 Å². The third-order valence-corrected chi connectivity index (χ3v) is 18.6. The molecule has 7 aliphatic rings. The number of nitrogens with one attached hydrogen (secondary N) is 1. The van der Waals surface area contributed by atoms with Crippen molar-refractivity contribution in [1.82, 2.24) is 5.32 Å². The van der Waals surface area contributed by atoms with Gasteiger partial charge in [-0.3, -0.25) is 14.4 Å². The van der Waals surface area contributed by atoms with Crippen LogP contribution in [0.4, 0.5) is 0 Å². The molecule has 6 fully saturated rings. The van der Waals surface area contributed by atoms with Crippen LogP contribution in [-0.2, 0) is 19.1 Å². The third-order valence-electron chi connectivity index (χ3n) is 18.6. The lowest BCUT2D eigenvalue weighted by molar-refractivity contribution is -0.236. The van der Waals surface area contributed by atoms with E-state index in [1.54, 1.807) is 5.57 Å². The maximum Gasteiger partial charge on any atom is 0.309 e. The lowest BCUT2D eigenvalue weighted by atomic mass is 9.33. The van der Waals surface area contributed by atoms with Gasteiger partial charge in [0.15, 0.2) is 5.78 Å². The first-order valence-corrected chi connectivity index (χ1v) is 21.8. The Balaban J connectivity index is 1.10. The van der Waals surface area contributed by atoms with Gasteiger partial charge in [0.05, 0.1) is 11.8 Å². The number of fused-ring (bicyclic) bond motifs is 7. The Hall–Kier alpha value is -1.69. The first-order valence-electron chi connectivity index (χ1n) is 21.8. The minimum Gasteiger partial charge on any atom is -0.481 e. The molecule has 0 aromatic heterocycles. The first-order chi connectivity index (χ1) is 24.3. The highest BCUT2D eigenvalue weighted by Gasteiger charge is 2.70. The molecule has 0 saturated heterocycles. The van der Waals surface area contributed by atoms with Gasteiger partial charge in [0.25, 0.3) is 0 Å². The molecule has 0 amide bonds. The number of rotatable bonds is 9. The summed E-state index contributed by atoms with van der Waals surface area (Å²) in [7, 11) is 0. The van der Waals surface area contributed by atoms with E-state index in [0.29, 0.717) is 30.0 Å². The quantitative estimate of drug-likeness (QED) is 0.182. The lowest BCUT2D eigenvalue weighted by Gasteiger charge is -2.72. The molecular formula is C46H73NO5. The van der Waals surface area contributed by atoms with Crippen molar-refractivity contribution in [2.75, 3.05) is 13.1 Å². The van der Waals surface area contributed by atoms with Crippen molar-refractivity contribution in [2.24, 2.45) is 73.9 Å². The minimum atomic E-state index is -0.807. The molecule has 0 aromatic carbocycles. The number of Topliss-reactive ketones (excluding diaryl/α,β-unsaturated/α-hetero) is 1. The Labute approximate surface area is 315 Å². The van der Waals surface area contributed by atoms with Crippen LogP contribution in [0, 0.1) is 73.9 Å². The largest absolute Gasteiger partial charge is 0.481 e. The second-order valence-electron chi connectivity index (χ2n) is 21.7. The predicted molar refractivity (Wildman–Crippen MR) is 206 cm³/mol. The second kappa shape index (κ2) is 13.2. The normalized spacial score (nSPS) is 43.9. The summed E-state index contributed by atoms with van der Waals surface area (Å²) in [5.41, 5.74) is 2.63. The fourth-order valence-corrected chi connectivity index (χ4v) is 15.2. The molecule has 6 nitrogen and oxygen atoms in total. The van der Waals surface area contributed by atoms with Crippen LogP contribution in [0.1, 0.15) is 165 Å². The van der Waals surface area contributed by atoms with Gasteiger partial charge in [-0.1, -0.05) is 87.1 Å². The molecule has 52 heavy (non-hydrogen) atoms. The number of hydrogen-bond donors (Lipinski definition) is 2. The maximum atomic E-state index is 14.0. The van der Waals surface area contributed by atoms with E-state index in [4.69, 9.17) is 4.74 Å². The number of ether oxygens (including phenoxy) is 1. The highest BCUT2D eigenvalue weighted by atomic mass is 16.5. The average Bonchev–Trinajstić information content (AvgIpc) is 3.37. The van der Waals surface area contributed by atoms with Crippen molar-refractivity contribution in [3.63, 3.8) is 0 Å². The molecule has 0 aliphatic heterocycles. The fraction of sp³-hybridized carbons (Fsp3) is 0.891. The van der Waals surface area contributed by atoms with E-state index in [9.17, 15) is 19.5 Å². The van der Waals surface area contributed by atoms with Crippen LogP contribution < -0.4 is 5.32 Å². The minimum absolute atomic E-state index is 0.0359. The van der Waals surface area contributed by atoms with Crippen molar-refractivity contribution in [3.8, 4) is 0 Å². The average molecular weight is 720 g/mol. The number of carboxylic acid groups (broad SMARTS) is 1. The fourth-order valence-electron chi connectivity index (χ4n) is 15.2. The number of carbonyl (C=O) groups excluding carboxylic acids is 2. The van der Waals surface area contributed by atoms with Crippen LogP contribution in [0.25, 0.3) is 0 Å². The summed E-state index contributed by atoms with van der Waals surface area (Å²) < 4.78 is 6.44. The van der Waals surface area contributed by atoms with Gasteiger partial charge in [0.1, 0.15) is 6.10 Å². The van der Waals surface area contributed by atoms with Crippen LogP contribution in [-0.4, -0.2) is 42.0 Å². The Morgan fingerprint density at radius 2 is 1.52 bits per heavy atom. The standard InChI is InChI=1S/C46H73NO5/c1-28(2)37-33(48)26-46(23-24-47-27-29-13-11-10-12-14-29)22-21-44(8)30(38(37)46)15-16-35-43(7)19-18-36(42(5,6)34(43)17-20-45(35,44)9)52-40(51)32-25-31(39(49)50)41(32,3)4/h28-32,34-36,47H,10-27H2,1-9H3,(H,49,50)/t30-,31+,32-,34+,35-,36+,43+,44-,45-,46-/m1/s1. The molecule has 0 unspecified atom stereocenters. The Kier molecular flexibility index (Phi) is 9.81. The molecule has 7 rings (SSSR count). The zero-order valence-corrected chi connectivity index (χ0v) is 34.4. The van der Waals surface area contributed by atoms with Crippen molar-refractivity contribution in [2.45, 2.75) is 171 Å². The number of carbonyl (C=O) groups is 3. The van der Waals surface area contributed by atoms with Gasteiger partial charge in [-0.25, -0.2) is 0 Å². The van der Waals surface area contributed by atoms with Crippen LogP contribution in [0.3, 0.4) is 0 Å². The summed E-state index contributed by atoms with van der Waals surface area (Å²) in [5.74, 6) is 1.27. The molecule has 10 atom stereocenters. The molecular weight excluding hydrogens is 647 g/mol. The monoisotopic (exact) mass is 720 g/mol. The van der Waals surface area contributed by atoms with Gasteiger partial charge in [0, 0.05) is 17.3 Å². The van der Waals surface area contributed by atoms with Crippen molar-refractivity contribution in [3.05, 3.63) is 11.1 Å². The number of esters is 1. The van der Waals surface area contributed by atoms with E-state index in [2.05, 4.69) is 53.8 Å². The molecule has 6 heteroatoms. The summed E-state index contributed by atoms with van der Waals surface area (Å²) in [6, 6.07) is 0. The van der Waals surface area contributed by atoms with Crippen LogP contribution in [0.2, 0.25) is 0 Å². The van der Waals surface area contributed by atoms with E-state index in [1.807, 2.05) is 13.8 Å². The molecule has 7 aliphatic carbocycles. The Bertz CT molecular complexity index is 1470. The number of ketones is 1. The summed E-state index contributed by atoms with van der Waals surface area (Å²) in [4.78, 5) is 39.4. The second-order valence-corrected chi connectivity index (χ2v) is 21.7. The summed E-state index contributed by atoms with van der Waals surface area (Å²) in [6.07, 6.45) is 18.1. The third kappa shape index (κ3) is 5.65. The predicted octanol–water partition coefficient (Wildman–Crippen LogP) is 10.2. The number of carboxylic acids is 1. The van der Waals surface area contributed by atoms with Gasteiger partial charge in [-0.05, 0) is 147 Å². The van der Waals surface area contributed by atoms with Gasteiger partial charge >= 0.3 is 11.9 Å². The molecule has 6 saturated carbocycles. The molecule has 292 valence electrons. The van der Waals surface area contributed by atoms with Crippen molar-refractivity contribution < 1.29 is 24.2 Å². The van der Waals surface area contributed by atoms with E-state index in [-0.39, 0.29) is 51.0 Å². The molecule has 0 spiro atoms. The van der Waals surface area contributed by atoms with Crippen LogP contribution in [0.5, 0.6) is 0 Å². The Morgan fingerprint density at radius 1 is 0.808 bits per heavy atom. The van der Waals surface area contributed by atoms with E-state index >= 15 is 0 Å². The number of hydrogen-bond acceptors (Lipinski definition) is 5. The summed E-state index contributed by atoms with van der Waals surface area (Å²) in [6.45, 7) is 23.2. The first kappa shape index (κ1) is 38.6. The van der Waals surface area contributed by atoms with Crippen LogP contribution in [0.15, 0.2) is 11.1 Å². The highest BCUT2D eigenvalue weighted by Crippen LogP contribution is 2.77. The topological polar surface area (TPSA) is 92.7 Å². The molecule has 0 bridgehead atoms. The Morgan fingerprint density at radius 3 is 2.17 bits per heavy atom. The van der Waals surface area contributed by atoms with E-state index in [1.165, 1.54) is 63.4 Å².